The number of aryl methyl sites for hydroxylation is 3. The summed E-state index contributed by atoms with van der Waals surface area (Å²) in [5, 5.41) is 15.4. The van der Waals surface area contributed by atoms with Crippen molar-refractivity contribution in [3.63, 3.8) is 0 Å². The van der Waals surface area contributed by atoms with Crippen molar-refractivity contribution in [2.45, 2.75) is 26.8 Å². The number of amides is 1. The molecule has 0 aliphatic heterocycles. The molecular formula is C15H17N3O3. The summed E-state index contributed by atoms with van der Waals surface area (Å²) in [4.78, 5) is 22.6. The average molecular weight is 287 g/mol. The molecule has 6 nitrogen and oxygen atoms in total. The Kier molecular flexibility index (Phi) is 4.37. The van der Waals surface area contributed by atoms with Crippen LogP contribution in [0.1, 0.15) is 27.9 Å². The van der Waals surface area contributed by atoms with Crippen LogP contribution in [0.3, 0.4) is 0 Å². The van der Waals surface area contributed by atoms with Gasteiger partial charge in [-0.3, -0.25) is 14.3 Å². The quantitative estimate of drug-likeness (QED) is 0.883. The first-order valence-electron chi connectivity index (χ1n) is 6.58. The minimum absolute atomic E-state index is 0.0280. The van der Waals surface area contributed by atoms with Crippen LogP contribution in [0, 0.1) is 13.8 Å². The van der Waals surface area contributed by atoms with Gasteiger partial charge in [-0.2, -0.15) is 5.10 Å². The van der Waals surface area contributed by atoms with Crippen LogP contribution in [-0.2, 0) is 11.3 Å². The number of benzene rings is 1. The van der Waals surface area contributed by atoms with Crippen molar-refractivity contribution in [2.24, 2.45) is 0 Å². The molecule has 0 saturated carbocycles. The van der Waals surface area contributed by atoms with Crippen molar-refractivity contribution < 1.29 is 14.7 Å². The number of aliphatic carboxylic acids is 1. The van der Waals surface area contributed by atoms with Crippen LogP contribution in [0.25, 0.3) is 0 Å². The largest absolute Gasteiger partial charge is 0.481 e. The summed E-state index contributed by atoms with van der Waals surface area (Å²) >= 11 is 0. The van der Waals surface area contributed by atoms with E-state index in [4.69, 9.17) is 5.11 Å². The topological polar surface area (TPSA) is 84.2 Å². The molecule has 21 heavy (non-hydrogen) atoms. The van der Waals surface area contributed by atoms with Gasteiger partial charge in [-0.15, -0.1) is 0 Å². The van der Waals surface area contributed by atoms with Gasteiger partial charge in [0.2, 0.25) is 0 Å². The van der Waals surface area contributed by atoms with Gasteiger partial charge in [0.15, 0.2) is 0 Å². The third-order valence-electron chi connectivity index (χ3n) is 3.08. The van der Waals surface area contributed by atoms with Gasteiger partial charge in [0.05, 0.1) is 24.7 Å². The minimum atomic E-state index is -0.896. The zero-order valence-corrected chi connectivity index (χ0v) is 12.0. The van der Waals surface area contributed by atoms with Crippen LogP contribution in [0.15, 0.2) is 30.6 Å². The highest BCUT2D eigenvalue weighted by Gasteiger charge is 2.10. The SMILES string of the molecule is Cc1ccc(NC(=O)c2cnn(CCC(=O)O)c2)c(C)c1. The van der Waals surface area contributed by atoms with E-state index in [-0.39, 0.29) is 18.9 Å². The summed E-state index contributed by atoms with van der Waals surface area (Å²) in [6, 6.07) is 5.78. The Morgan fingerprint density at radius 1 is 1.33 bits per heavy atom. The highest BCUT2D eigenvalue weighted by Crippen LogP contribution is 2.17. The Morgan fingerprint density at radius 2 is 2.10 bits per heavy atom. The number of aromatic nitrogens is 2. The molecule has 6 heteroatoms. The molecule has 0 radical (unpaired) electrons. The molecule has 2 rings (SSSR count). The highest BCUT2D eigenvalue weighted by atomic mass is 16.4. The summed E-state index contributed by atoms with van der Waals surface area (Å²) in [5.74, 6) is -1.16. The predicted octanol–water partition coefficient (Wildman–Crippen LogP) is 2.23. The van der Waals surface area contributed by atoms with E-state index in [1.165, 1.54) is 10.9 Å². The summed E-state index contributed by atoms with van der Waals surface area (Å²) in [7, 11) is 0. The molecule has 2 N–H and O–H groups in total. The summed E-state index contributed by atoms with van der Waals surface area (Å²) in [6.45, 7) is 4.16. The van der Waals surface area contributed by atoms with Crippen LogP contribution in [0.5, 0.6) is 0 Å². The number of carboxylic acids is 1. The van der Waals surface area contributed by atoms with Gasteiger partial charge in [-0.25, -0.2) is 0 Å². The lowest BCUT2D eigenvalue weighted by Crippen LogP contribution is -2.12. The smallest absolute Gasteiger partial charge is 0.305 e. The number of anilines is 1. The Bertz CT molecular complexity index is 677. The van der Waals surface area contributed by atoms with Crippen LogP contribution in [0.2, 0.25) is 0 Å². The zero-order chi connectivity index (χ0) is 15.4. The number of nitrogens with zero attached hydrogens (tertiary/aromatic N) is 2. The van der Waals surface area contributed by atoms with Crippen molar-refractivity contribution in [3.05, 3.63) is 47.3 Å². The number of hydrogen-bond acceptors (Lipinski definition) is 3. The Balaban J connectivity index is 2.05. The second-order valence-corrected chi connectivity index (χ2v) is 4.91. The molecule has 110 valence electrons. The molecule has 1 aromatic heterocycles. The molecule has 0 spiro atoms. The van der Waals surface area contributed by atoms with Crippen molar-refractivity contribution in [1.29, 1.82) is 0 Å². The first-order valence-corrected chi connectivity index (χ1v) is 6.58. The standard InChI is InChI=1S/C15H17N3O3/c1-10-3-4-13(11(2)7-10)17-15(21)12-8-16-18(9-12)6-5-14(19)20/h3-4,7-9H,5-6H2,1-2H3,(H,17,21)(H,19,20). The first kappa shape index (κ1) is 14.8. The normalized spacial score (nSPS) is 10.4. The molecule has 0 fully saturated rings. The van der Waals surface area contributed by atoms with E-state index in [9.17, 15) is 9.59 Å². The fraction of sp³-hybridized carbons (Fsp3) is 0.267. The molecule has 1 heterocycles. The maximum absolute atomic E-state index is 12.1. The van der Waals surface area contributed by atoms with Crippen molar-refractivity contribution in [2.75, 3.05) is 5.32 Å². The molecule has 0 aliphatic carbocycles. The molecule has 1 amide bonds. The minimum Gasteiger partial charge on any atom is -0.481 e. The van der Waals surface area contributed by atoms with E-state index in [1.54, 1.807) is 6.20 Å². The number of carboxylic acid groups (broad SMARTS) is 1. The molecule has 0 aliphatic rings. The first-order chi connectivity index (χ1) is 9.95. The van der Waals surface area contributed by atoms with Gasteiger partial charge in [-0.05, 0) is 25.5 Å². The van der Waals surface area contributed by atoms with E-state index in [0.717, 1.165) is 16.8 Å². The number of hydrogen-bond donors (Lipinski definition) is 2. The molecule has 0 saturated heterocycles. The molecule has 0 unspecified atom stereocenters. The zero-order valence-electron chi connectivity index (χ0n) is 12.0. The number of nitrogens with one attached hydrogen (secondary N) is 1. The van der Waals surface area contributed by atoms with E-state index in [2.05, 4.69) is 10.4 Å². The second-order valence-electron chi connectivity index (χ2n) is 4.91. The van der Waals surface area contributed by atoms with Gasteiger partial charge < -0.3 is 10.4 Å². The number of carbonyl (C=O) groups is 2. The molecule has 0 bridgehead atoms. The Hall–Kier alpha value is -2.63. The molecular weight excluding hydrogens is 270 g/mol. The van der Waals surface area contributed by atoms with Crippen LogP contribution in [-0.4, -0.2) is 26.8 Å². The Morgan fingerprint density at radius 3 is 2.76 bits per heavy atom. The molecule has 2 aromatic rings. The van der Waals surface area contributed by atoms with Gasteiger partial charge in [0, 0.05) is 11.9 Å². The summed E-state index contributed by atoms with van der Waals surface area (Å²) in [6.07, 6.45) is 2.95. The summed E-state index contributed by atoms with van der Waals surface area (Å²) < 4.78 is 1.45. The molecule has 1 aromatic carbocycles. The second kappa shape index (κ2) is 6.21. The van der Waals surface area contributed by atoms with Gasteiger partial charge in [0.1, 0.15) is 0 Å². The fourth-order valence-electron chi connectivity index (χ4n) is 1.96. The van der Waals surface area contributed by atoms with Gasteiger partial charge in [-0.1, -0.05) is 17.7 Å². The van der Waals surface area contributed by atoms with E-state index in [0.29, 0.717) is 5.56 Å². The van der Waals surface area contributed by atoms with Crippen molar-refractivity contribution in [1.82, 2.24) is 9.78 Å². The predicted molar refractivity (Wildman–Crippen MR) is 78.3 cm³/mol. The van der Waals surface area contributed by atoms with Crippen molar-refractivity contribution >= 4 is 17.6 Å². The molecule has 0 atom stereocenters. The van der Waals surface area contributed by atoms with Crippen molar-refractivity contribution in [3.8, 4) is 0 Å². The third-order valence-corrected chi connectivity index (χ3v) is 3.08. The third kappa shape index (κ3) is 3.92. The highest BCUT2D eigenvalue weighted by molar-refractivity contribution is 6.04. The number of rotatable bonds is 5. The number of carbonyl (C=O) groups excluding carboxylic acids is 1. The maximum Gasteiger partial charge on any atom is 0.305 e. The lowest BCUT2D eigenvalue weighted by Gasteiger charge is -2.07. The monoisotopic (exact) mass is 287 g/mol. The fourth-order valence-corrected chi connectivity index (χ4v) is 1.96. The van der Waals surface area contributed by atoms with Crippen LogP contribution < -0.4 is 5.32 Å². The average Bonchev–Trinajstić information content (AvgIpc) is 2.88. The lowest BCUT2D eigenvalue weighted by molar-refractivity contribution is -0.137. The summed E-state index contributed by atoms with van der Waals surface area (Å²) in [5.41, 5.74) is 3.28. The van der Waals surface area contributed by atoms with Gasteiger partial charge in [0.25, 0.3) is 5.91 Å². The van der Waals surface area contributed by atoms with E-state index >= 15 is 0 Å². The Labute approximate surface area is 122 Å². The van der Waals surface area contributed by atoms with E-state index < -0.39 is 5.97 Å². The van der Waals surface area contributed by atoms with Crippen LogP contribution in [0.4, 0.5) is 5.69 Å². The van der Waals surface area contributed by atoms with Crippen LogP contribution >= 0.6 is 0 Å². The van der Waals surface area contributed by atoms with E-state index in [1.807, 2.05) is 32.0 Å². The lowest BCUT2D eigenvalue weighted by atomic mass is 10.1. The van der Waals surface area contributed by atoms with Gasteiger partial charge >= 0.3 is 5.97 Å². The maximum atomic E-state index is 12.1.